The van der Waals surface area contributed by atoms with Crippen molar-refractivity contribution in [1.29, 1.82) is 0 Å². The molecule has 1 saturated heterocycles. The molecule has 5 rings (SSSR count). The second-order valence-corrected chi connectivity index (χ2v) is 8.15. The number of aromatic nitrogens is 4. The van der Waals surface area contributed by atoms with E-state index in [4.69, 9.17) is 5.73 Å². The minimum Gasteiger partial charge on any atom is -0.384 e. The standard InChI is InChI=1S/C25H23N7O2/c26-21-14-16(11-12-27-21)13-19-23(20-15-28-31-30-20)32(24(19)33)25(34)29-22(17-7-3-1-4-8-17)18-9-5-2-6-10-18/h1-12,14-15,19,22-23H,13H2,(H2,26,27)(H,29,34)(H,28,30,31)/t19-,23+/m1/s1. The molecule has 0 bridgehead atoms. The molecular formula is C25H23N7O2. The molecule has 0 unspecified atom stereocenters. The van der Waals surface area contributed by atoms with Crippen molar-refractivity contribution >= 4 is 17.8 Å². The smallest absolute Gasteiger partial charge is 0.325 e. The average molecular weight is 454 g/mol. The van der Waals surface area contributed by atoms with E-state index >= 15 is 0 Å². The summed E-state index contributed by atoms with van der Waals surface area (Å²) in [4.78, 5) is 31.9. The van der Waals surface area contributed by atoms with Crippen LogP contribution < -0.4 is 11.1 Å². The number of H-pyrrole nitrogens is 1. The molecule has 2 aromatic heterocycles. The number of pyridine rings is 1. The summed E-state index contributed by atoms with van der Waals surface area (Å²) in [7, 11) is 0. The van der Waals surface area contributed by atoms with Gasteiger partial charge in [0.25, 0.3) is 0 Å². The first-order valence-electron chi connectivity index (χ1n) is 10.9. The lowest BCUT2D eigenvalue weighted by Crippen LogP contribution is -2.61. The molecule has 2 atom stereocenters. The molecule has 4 aromatic rings. The number of hydrogen-bond acceptors (Lipinski definition) is 6. The molecule has 170 valence electrons. The van der Waals surface area contributed by atoms with Gasteiger partial charge in [0.15, 0.2) is 0 Å². The van der Waals surface area contributed by atoms with E-state index in [1.807, 2.05) is 66.7 Å². The number of benzene rings is 2. The van der Waals surface area contributed by atoms with E-state index in [1.54, 1.807) is 12.3 Å². The minimum atomic E-state index is -0.548. The molecule has 2 aromatic carbocycles. The van der Waals surface area contributed by atoms with Gasteiger partial charge in [-0.1, -0.05) is 60.7 Å². The number of carbonyl (C=O) groups is 2. The van der Waals surface area contributed by atoms with E-state index < -0.39 is 24.0 Å². The molecule has 34 heavy (non-hydrogen) atoms. The van der Waals surface area contributed by atoms with Crippen LogP contribution in [0.15, 0.2) is 85.2 Å². The number of aromatic amines is 1. The first-order valence-corrected chi connectivity index (χ1v) is 10.9. The number of rotatable bonds is 6. The first-order chi connectivity index (χ1) is 16.6. The van der Waals surface area contributed by atoms with E-state index in [9.17, 15) is 9.59 Å². The zero-order chi connectivity index (χ0) is 23.5. The van der Waals surface area contributed by atoms with Crippen molar-refractivity contribution in [1.82, 2.24) is 30.6 Å². The maximum absolute atomic E-state index is 13.5. The highest BCUT2D eigenvalue weighted by molar-refractivity contribution is 6.01. The highest BCUT2D eigenvalue weighted by atomic mass is 16.2. The number of nitrogens with two attached hydrogens (primary N) is 1. The Morgan fingerprint density at radius 2 is 1.74 bits per heavy atom. The second kappa shape index (κ2) is 9.14. The van der Waals surface area contributed by atoms with Gasteiger partial charge in [0, 0.05) is 6.20 Å². The van der Waals surface area contributed by atoms with Gasteiger partial charge in [-0.15, -0.1) is 0 Å². The van der Waals surface area contributed by atoms with Crippen molar-refractivity contribution in [3.63, 3.8) is 0 Å². The Hall–Kier alpha value is -4.53. The molecule has 0 radical (unpaired) electrons. The molecule has 4 N–H and O–H groups in total. The van der Waals surface area contributed by atoms with Crippen LogP contribution in [0.5, 0.6) is 0 Å². The van der Waals surface area contributed by atoms with Gasteiger partial charge in [-0.25, -0.2) is 9.78 Å². The third-order valence-corrected chi connectivity index (χ3v) is 6.00. The summed E-state index contributed by atoms with van der Waals surface area (Å²) in [5.41, 5.74) is 9.02. The lowest BCUT2D eigenvalue weighted by Gasteiger charge is -2.45. The van der Waals surface area contributed by atoms with E-state index in [-0.39, 0.29) is 5.91 Å². The number of amides is 3. The highest BCUT2D eigenvalue weighted by Gasteiger charge is 2.52. The van der Waals surface area contributed by atoms with E-state index in [1.165, 1.54) is 11.1 Å². The summed E-state index contributed by atoms with van der Waals surface area (Å²) >= 11 is 0. The van der Waals surface area contributed by atoms with Gasteiger partial charge >= 0.3 is 6.03 Å². The summed E-state index contributed by atoms with van der Waals surface area (Å²) in [6.07, 6.45) is 3.55. The van der Waals surface area contributed by atoms with Crippen molar-refractivity contribution in [3.05, 3.63) is 108 Å². The quantitative estimate of drug-likeness (QED) is 0.385. The number of nitrogen functional groups attached to an aromatic ring is 1. The number of imide groups is 1. The molecule has 0 spiro atoms. The molecule has 9 nitrogen and oxygen atoms in total. The van der Waals surface area contributed by atoms with Gasteiger partial charge in [0.05, 0.1) is 24.2 Å². The van der Waals surface area contributed by atoms with E-state index in [0.29, 0.717) is 17.9 Å². The number of nitrogens with zero attached hydrogens (tertiary/aromatic N) is 4. The lowest BCUT2D eigenvalue weighted by atomic mass is 9.81. The van der Waals surface area contributed by atoms with Gasteiger partial charge in [0.2, 0.25) is 5.91 Å². The first kappa shape index (κ1) is 21.3. The summed E-state index contributed by atoms with van der Waals surface area (Å²) < 4.78 is 0. The molecule has 1 aliphatic rings. The van der Waals surface area contributed by atoms with Crippen LogP contribution in [0.1, 0.15) is 34.5 Å². The van der Waals surface area contributed by atoms with E-state index in [0.717, 1.165) is 16.7 Å². The third-order valence-electron chi connectivity index (χ3n) is 6.00. The minimum absolute atomic E-state index is 0.277. The molecular weight excluding hydrogens is 430 g/mol. The topological polar surface area (TPSA) is 130 Å². The molecule has 0 aliphatic carbocycles. The zero-order valence-corrected chi connectivity index (χ0v) is 18.2. The fraction of sp³-hybridized carbons (Fsp3) is 0.160. The predicted molar refractivity (Wildman–Crippen MR) is 125 cm³/mol. The van der Waals surface area contributed by atoms with Crippen LogP contribution in [0.4, 0.5) is 10.6 Å². The normalized spacial score (nSPS) is 17.4. The third kappa shape index (κ3) is 4.11. The summed E-state index contributed by atoms with van der Waals surface area (Å²) in [5, 5.41) is 13.7. The highest BCUT2D eigenvalue weighted by Crippen LogP contribution is 2.41. The number of hydrogen-bond donors (Lipinski definition) is 3. The van der Waals surface area contributed by atoms with Crippen LogP contribution in [0.2, 0.25) is 0 Å². The van der Waals surface area contributed by atoms with Crippen LogP contribution in [0.25, 0.3) is 0 Å². The van der Waals surface area contributed by atoms with E-state index in [2.05, 4.69) is 25.7 Å². The van der Waals surface area contributed by atoms with Gasteiger partial charge in [-0.05, 0) is 35.2 Å². The summed E-state index contributed by atoms with van der Waals surface area (Å²) in [6.45, 7) is 0. The molecule has 3 amide bonds. The fourth-order valence-corrected chi connectivity index (χ4v) is 4.38. The number of likely N-dealkylation sites (tertiary alicyclic amines) is 1. The molecule has 9 heteroatoms. The Labute approximate surface area is 196 Å². The van der Waals surface area contributed by atoms with Gasteiger partial charge in [0.1, 0.15) is 11.5 Å². The Kier molecular flexibility index (Phi) is 5.73. The van der Waals surface area contributed by atoms with Gasteiger partial charge < -0.3 is 11.1 Å². The Morgan fingerprint density at radius 3 is 2.32 bits per heavy atom. The molecule has 1 aliphatic heterocycles. The van der Waals surface area contributed by atoms with Gasteiger partial charge in [-0.2, -0.15) is 15.4 Å². The number of nitrogens with one attached hydrogen (secondary N) is 2. The van der Waals surface area contributed by atoms with Crippen molar-refractivity contribution in [2.75, 3.05) is 5.73 Å². The maximum Gasteiger partial charge on any atom is 0.325 e. The zero-order valence-electron chi connectivity index (χ0n) is 18.2. The van der Waals surface area contributed by atoms with Gasteiger partial charge in [-0.3, -0.25) is 9.69 Å². The second-order valence-electron chi connectivity index (χ2n) is 8.15. The number of β-lactam (4-membered cyclic amide) rings is 1. The SMILES string of the molecule is Nc1cc(C[C@H]2C(=O)N(C(=O)NC(c3ccccc3)c3ccccc3)[C@@H]2c2cn[nH]n2)ccn1. The number of carbonyl (C=O) groups excluding carboxylic acids is 2. The monoisotopic (exact) mass is 453 g/mol. The van der Waals surface area contributed by atoms with Crippen molar-refractivity contribution in [2.45, 2.75) is 18.5 Å². The van der Waals surface area contributed by atoms with Crippen LogP contribution in [0.3, 0.4) is 0 Å². The molecule has 0 saturated carbocycles. The van der Waals surface area contributed by atoms with Crippen LogP contribution in [-0.2, 0) is 11.2 Å². The van der Waals surface area contributed by atoms with Crippen LogP contribution in [0, 0.1) is 5.92 Å². The Balaban J connectivity index is 1.42. The fourth-order valence-electron chi connectivity index (χ4n) is 4.38. The van der Waals surface area contributed by atoms with Crippen molar-refractivity contribution in [3.8, 4) is 0 Å². The molecule has 1 fully saturated rings. The average Bonchev–Trinajstić information content (AvgIpc) is 3.39. The van der Waals surface area contributed by atoms with Crippen molar-refractivity contribution < 1.29 is 9.59 Å². The Morgan fingerprint density at radius 1 is 1.06 bits per heavy atom. The predicted octanol–water partition coefficient (Wildman–Crippen LogP) is 3.02. The number of anilines is 1. The largest absolute Gasteiger partial charge is 0.384 e. The van der Waals surface area contributed by atoms with Crippen LogP contribution in [-0.4, -0.2) is 37.2 Å². The summed E-state index contributed by atoms with van der Waals surface area (Å²) in [6, 6.07) is 21.4. The molecule has 3 heterocycles. The Bertz CT molecular complexity index is 1240. The number of urea groups is 1. The van der Waals surface area contributed by atoms with Crippen molar-refractivity contribution in [2.24, 2.45) is 5.92 Å². The van der Waals surface area contributed by atoms with Crippen LogP contribution >= 0.6 is 0 Å². The maximum atomic E-state index is 13.5. The lowest BCUT2D eigenvalue weighted by molar-refractivity contribution is -0.150. The summed E-state index contributed by atoms with van der Waals surface area (Å²) in [5.74, 6) is -0.365.